The number of benzene rings is 1. The number of aryl methyl sites for hydroxylation is 1. The Labute approximate surface area is 87.1 Å². The van der Waals surface area contributed by atoms with Crippen LogP contribution in [0.15, 0.2) is 12.1 Å². The number of ether oxygens (including phenoxy) is 1. The number of carbonyl (C=O) groups is 1. The summed E-state index contributed by atoms with van der Waals surface area (Å²) in [6.45, 7) is 0. The van der Waals surface area contributed by atoms with Crippen molar-refractivity contribution in [3.8, 4) is 11.5 Å². The second-order valence-corrected chi connectivity index (χ2v) is 3.13. The summed E-state index contributed by atoms with van der Waals surface area (Å²) in [6, 6.07) is 3.12. The molecule has 5 nitrogen and oxygen atoms in total. The molecule has 0 fully saturated rings. The van der Waals surface area contributed by atoms with Gasteiger partial charge >= 0.3 is 5.97 Å². The van der Waals surface area contributed by atoms with Gasteiger partial charge in [-0.3, -0.25) is 4.79 Å². The van der Waals surface area contributed by atoms with Crippen molar-refractivity contribution < 1.29 is 19.7 Å². The summed E-state index contributed by atoms with van der Waals surface area (Å²) in [7, 11) is 1.41. The van der Waals surface area contributed by atoms with Crippen LogP contribution in [0.3, 0.4) is 0 Å². The van der Waals surface area contributed by atoms with Crippen molar-refractivity contribution in [1.29, 1.82) is 0 Å². The lowest BCUT2D eigenvalue weighted by Crippen LogP contribution is -1.99. The van der Waals surface area contributed by atoms with Gasteiger partial charge in [-0.1, -0.05) is 0 Å². The molecule has 1 aromatic rings. The quantitative estimate of drug-likeness (QED) is 0.510. The van der Waals surface area contributed by atoms with Crippen molar-refractivity contribution in [2.45, 2.75) is 12.8 Å². The topological polar surface area (TPSA) is 92.8 Å². The number of phenols is 1. The number of aliphatic carboxylic acids is 1. The number of hydrogen-bond donors (Lipinski definition) is 3. The first-order valence-electron chi connectivity index (χ1n) is 4.41. The Morgan fingerprint density at radius 3 is 2.73 bits per heavy atom. The molecule has 82 valence electrons. The molecule has 0 saturated carbocycles. The van der Waals surface area contributed by atoms with Gasteiger partial charge in [-0.2, -0.15) is 0 Å². The van der Waals surface area contributed by atoms with Crippen molar-refractivity contribution in [1.82, 2.24) is 0 Å². The van der Waals surface area contributed by atoms with Crippen LogP contribution in [-0.4, -0.2) is 23.3 Å². The molecule has 0 unspecified atom stereocenters. The first-order valence-corrected chi connectivity index (χ1v) is 4.41. The van der Waals surface area contributed by atoms with Gasteiger partial charge in [0.1, 0.15) is 0 Å². The number of aromatic hydroxyl groups is 1. The van der Waals surface area contributed by atoms with Crippen LogP contribution < -0.4 is 10.5 Å². The number of methoxy groups -OCH3 is 1. The summed E-state index contributed by atoms with van der Waals surface area (Å²) in [5.74, 6) is -0.729. The van der Waals surface area contributed by atoms with Crippen molar-refractivity contribution in [3.05, 3.63) is 17.7 Å². The van der Waals surface area contributed by atoms with Gasteiger partial charge in [0.2, 0.25) is 0 Å². The van der Waals surface area contributed by atoms with Gasteiger partial charge in [0.25, 0.3) is 0 Å². The summed E-state index contributed by atoms with van der Waals surface area (Å²) < 4.78 is 4.90. The van der Waals surface area contributed by atoms with E-state index in [1.807, 2.05) is 0 Å². The van der Waals surface area contributed by atoms with Crippen LogP contribution >= 0.6 is 0 Å². The fourth-order valence-electron chi connectivity index (χ4n) is 1.24. The van der Waals surface area contributed by atoms with Crippen molar-refractivity contribution in [2.24, 2.45) is 0 Å². The van der Waals surface area contributed by atoms with Gasteiger partial charge in [-0.15, -0.1) is 0 Å². The zero-order valence-electron chi connectivity index (χ0n) is 8.36. The van der Waals surface area contributed by atoms with E-state index in [1.165, 1.54) is 7.11 Å². The van der Waals surface area contributed by atoms with E-state index in [4.69, 9.17) is 15.6 Å². The van der Waals surface area contributed by atoms with Crippen molar-refractivity contribution in [3.63, 3.8) is 0 Å². The molecule has 15 heavy (non-hydrogen) atoms. The van der Waals surface area contributed by atoms with Gasteiger partial charge < -0.3 is 20.7 Å². The van der Waals surface area contributed by atoms with E-state index in [0.29, 0.717) is 6.42 Å². The van der Waals surface area contributed by atoms with E-state index in [2.05, 4.69) is 0 Å². The Morgan fingerprint density at radius 2 is 2.20 bits per heavy atom. The molecule has 0 aliphatic rings. The highest BCUT2D eigenvalue weighted by atomic mass is 16.5. The minimum Gasteiger partial charge on any atom is -0.503 e. The normalized spacial score (nSPS) is 9.93. The van der Waals surface area contributed by atoms with Crippen molar-refractivity contribution in [2.75, 3.05) is 12.8 Å². The van der Waals surface area contributed by atoms with Crippen LogP contribution in [-0.2, 0) is 11.2 Å². The fraction of sp³-hybridized carbons (Fsp3) is 0.300. The van der Waals surface area contributed by atoms with E-state index in [9.17, 15) is 9.90 Å². The van der Waals surface area contributed by atoms with E-state index < -0.39 is 5.97 Å². The largest absolute Gasteiger partial charge is 0.503 e. The second kappa shape index (κ2) is 4.54. The van der Waals surface area contributed by atoms with Crippen molar-refractivity contribution >= 4 is 11.7 Å². The molecular weight excluding hydrogens is 198 g/mol. The minimum absolute atomic E-state index is 0.0212. The lowest BCUT2D eigenvalue weighted by Gasteiger charge is -2.08. The molecule has 0 heterocycles. The third-order valence-corrected chi connectivity index (χ3v) is 2.01. The van der Waals surface area contributed by atoms with Gasteiger partial charge in [0.15, 0.2) is 11.5 Å². The maximum atomic E-state index is 10.4. The number of anilines is 1. The highest BCUT2D eigenvalue weighted by Crippen LogP contribution is 2.33. The zero-order chi connectivity index (χ0) is 11.4. The van der Waals surface area contributed by atoms with E-state index in [1.54, 1.807) is 12.1 Å². The molecule has 5 heteroatoms. The molecule has 1 aromatic carbocycles. The SMILES string of the molecule is COc1cc(CCC(=O)O)cc(N)c1O. The van der Waals surface area contributed by atoms with E-state index >= 15 is 0 Å². The second-order valence-electron chi connectivity index (χ2n) is 3.13. The van der Waals surface area contributed by atoms with Gasteiger partial charge in [-0.05, 0) is 24.1 Å². The van der Waals surface area contributed by atoms with Crippen LogP contribution in [0.5, 0.6) is 11.5 Å². The average Bonchev–Trinajstić information content (AvgIpc) is 2.19. The Hall–Kier alpha value is -1.91. The lowest BCUT2D eigenvalue weighted by atomic mass is 10.1. The Kier molecular flexibility index (Phi) is 3.38. The maximum absolute atomic E-state index is 10.4. The summed E-state index contributed by atoms with van der Waals surface area (Å²) in [4.78, 5) is 10.4. The van der Waals surface area contributed by atoms with Crippen LogP contribution in [0, 0.1) is 0 Å². The summed E-state index contributed by atoms with van der Waals surface area (Å²) in [6.07, 6.45) is 0.379. The zero-order valence-corrected chi connectivity index (χ0v) is 8.36. The lowest BCUT2D eigenvalue weighted by molar-refractivity contribution is -0.136. The van der Waals surface area contributed by atoms with Crippen LogP contribution in [0.4, 0.5) is 5.69 Å². The molecule has 0 saturated heterocycles. The van der Waals surface area contributed by atoms with Crippen LogP contribution in [0.1, 0.15) is 12.0 Å². The fourth-order valence-corrected chi connectivity index (χ4v) is 1.24. The van der Waals surface area contributed by atoms with Crippen LogP contribution in [0.25, 0.3) is 0 Å². The molecule has 1 rings (SSSR count). The van der Waals surface area contributed by atoms with E-state index in [-0.39, 0.29) is 23.6 Å². The Morgan fingerprint density at radius 1 is 1.53 bits per heavy atom. The molecular formula is C10H13NO4. The molecule has 0 spiro atoms. The Balaban J connectivity index is 2.90. The van der Waals surface area contributed by atoms with Crippen LogP contribution in [0.2, 0.25) is 0 Å². The standard InChI is InChI=1S/C10H13NO4/c1-15-8-5-6(2-3-9(12)13)4-7(11)10(8)14/h4-5,14H,2-3,11H2,1H3,(H,12,13). The first-order chi connectivity index (χ1) is 7.04. The van der Waals surface area contributed by atoms with E-state index in [0.717, 1.165) is 5.56 Å². The van der Waals surface area contributed by atoms with Gasteiger partial charge in [-0.25, -0.2) is 0 Å². The highest BCUT2D eigenvalue weighted by molar-refractivity contribution is 5.68. The van der Waals surface area contributed by atoms with Gasteiger partial charge in [0.05, 0.1) is 12.8 Å². The predicted molar refractivity (Wildman–Crippen MR) is 55.0 cm³/mol. The number of hydrogen-bond acceptors (Lipinski definition) is 4. The molecule has 0 aromatic heterocycles. The molecule has 0 aliphatic heterocycles. The molecule has 0 atom stereocenters. The number of carboxylic acids is 1. The summed E-state index contributed by atoms with van der Waals surface area (Å²) in [5, 5.41) is 17.9. The maximum Gasteiger partial charge on any atom is 0.303 e. The third kappa shape index (κ3) is 2.77. The number of nitrogen functional groups attached to an aromatic ring is 1. The minimum atomic E-state index is -0.874. The summed E-state index contributed by atoms with van der Waals surface area (Å²) in [5.41, 5.74) is 6.44. The van der Waals surface area contributed by atoms with Gasteiger partial charge in [0, 0.05) is 6.42 Å². The molecule has 4 N–H and O–H groups in total. The number of phenolic OH excluding ortho intramolecular Hbond substituents is 1. The molecule has 0 radical (unpaired) electrons. The molecule has 0 aliphatic carbocycles. The predicted octanol–water partition coefficient (Wildman–Crippen LogP) is 1.00. The number of nitrogens with two attached hydrogens (primary N) is 1. The number of carboxylic acid groups (broad SMARTS) is 1. The molecule has 0 amide bonds. The highest BCUT2D eigenvalue weighted by Gasteiger charge is 2.08. The monoisotopic (exact) mass is 211 g/mol. The first kappa shape index (κ1) is 11.2. The summed E-state index contributed by atoms with van der Waals surface area (Å²) >= 11 is 0. The molecule has 0 bridgehead atoms. The smallest absolute Gasteiger partial charge is 0.303 e. The third-order valence-electron chi connectivity index (χ3n) is 2.01. The average molecular weight is 211 g/mol. The number of rotatable bonds is 4. The Bertz CT molecular complexity index is 376.